The van der Waals surface area contributed by atoms with Gasteiger partial charge in [-0.15, -0.1) is 0 Å². The van der Waals surface area contributed by atoms with Crippen LogP contribution in [0.3, 0.4) is 0 Å². The first-order valence-corrected chi connectivity index (χ1v) is 6.53. The van der Waals surface area contributed by atoms with E-state index >= 15 is 0 Å². The number of carbonyl (C=O) groups is 2. The quantitative estimate of drug-likeness (QED) is 0.890. The lowest BCUT2D eigenvalue weighted by Crippen LogP contribution is -2.52. The second-order valence-corrected chi connectivity index (χ2v) is 5.01. The number of hydrogen-bond donors (Lipinski definition) is 1. The lowest BCUT2D eigenvalue weighted by Gasteiger charge is -2.36. The summed E-state index contributed by atoms with van der Waals surface area (Å²) in [6, 6.07) is 0.683. The largest absolute Gasteiger partial charge is 0.480 e. The highest BCUT2D eigenvalue weighted by Crippen LogP contribution is 2.25. The summed E-state index contributed by atoms with van der Waals surface area (Å²) in [6.45, 7) is 2.49. The van der Waals surface area contributed by atoms with Crippen molar-refractivity contribution in [1.29, 1.82) is 0 Å². The Morgan fingerprint density at radius 1 is 1.60 bits per heavy atom. The van der Waals surface area contributed by atoms with Crippen LogP contribution in [-0.4, -0.2) is 46.7 Å². The normalized spacial score (nSPS) is 22.8. The van der Waals surface area contributed by atoms with Crippen molar-refractivity contribution < 1.29 is 24.0 Å². The molecular formula is C13H18N2O5. The fourth-order valence-corrected chi connectivity index (χ4v) is 2.56. The van der Waals surface area contributed by atoms with Gasteiger partial charge in [-0.25, -0.2) is 4.79 Å². The van der Waals surface area contributed by atoms with Crippen LogP contribution in [0.4, 0.5) is 0 Å². The molecule has 0 radical (unpaired) electrons. The molecule has 0 saturated carbocycles. The van der Waals surface area contributed by atoms with Crippen molar-refractivity contribution in [1.82, 2.24) is 10.1 Å². The molecule has 7 heteroatoms. The van der Waals surface area contributed by atoms with Gasteiger partial charge in [0, 0.05) is 19.7 Å². The zero-order valence-corrected chi connectivity index (χ0v) is 11.5. The Kier molecular flexibility index (Phi) is 4.39. The maximum atomic E-state index is 12.4. The average Bonchev–Trinajstić information content (AvgIpc) is 2.86. The molecule has 0 aliphatic carbocycles. The van der Waals surface area contributed by atoms with Crippen LogP contribution in [0, 0.1) is 5.92 Å². The van der Waals surface area contributed by atoms with E-state index < -0.39 is 17.9 Å². The first-order valence-electron chi connectivity index (χ1n) is 6.53. The molecule has 1 aromatic rings. The summed E-state index contributed by atoms with van der Waals surface area (Å²) in [7, 11) is 1.51. The minimum absolute atomic E-state index is 0.0736. The molecule has 20 heavy (non-hydrogen) atoms. The van der Waals surface area contributed by atoms with Crippen molar-refractivity contribution in [3.8, 4) is 0 Å². The summed E-state index contributed by atoms with van der Waals surface area (Å²) in [5.41, 5.74) is 0.123. The summed E-state index contributed by atoms with van der Waals surface area (Å²) in [5, 5.41) is 13.0. The molecule has 1 aliphatic heterocycles. The van der Waals surface area contributed by atoms with Crippen LogP contribution in [-0.2, 0) is 16.1 Å². The number of piperidine rings is 1. The number of amides is 1. The topological polar surface area (TPSA) is 92.9 Å². The molecule has 1 aliphatic rings. The third-order valence-electron chi connectivity index (χ3n) is 3.51. The molecule has 2 unspecified atom stereocenters. The van der Waals surface area contributed by atoms with Gasteiger partial charge in [-0.3, -0.25) is 4.79 Å². The number of carboxylic acid groups (broad SMARTS) is 1. The standard InChI is InChI=1S/C13H18N2O5/c1-8-4-3-5-15(11(8)13(17)18)12(16)10-6-9(7-19-2)20-14-10/h6,8,11H,3-5,7H2,1-2H3,(H,17,18). The van der Waals surface area contributed by atoms with E-state index in [0.717, 1.165) is 12.8 Å². The molecule has 7 nitrogen and oxygen atoms in total. The third-order valence-corrected chi connectivity index (χ3v) is 3.51. The fraction of sp³-hybridized carbons (Fsp3) is 0.615. The zero-order chi connectivity index (χ0) is 14.7. The monoisotopic (exact) mass is 282 g/mol. The second kappa shape index (κ2) is 6.04. The predicted octanol–water partition coefficient (Wildman–Crippen LogP) is 1.15. The van der Waals surface area contributed by atoms with Crippen LogP contribution in [0.25, 0.3) is 0 Å². The van der Waals surface area contributed by atoms with Crippen LogP contribution in [0.15, 0.2) is 10.6 Å². The lowest BCUT2D eigenvalue weighted by molar-refractivity contribution is -0.145. The Balaban J connectivity index is 2.18. The number of likely N-dealkylation sites (tertiary alicyclic amines) is 1. The van der Waals surface area contributed by atoms with Crippen molar-refractivity contribution in [2.24, 2.45) is 5.92 Å². The number of ether oxygens (including phenoxy) is 1. The Bertz CT molecular complexity index is 499. The molecular weight excluding hydrogens is 264 g/mol. The van der Waals surface area contributed by atoms with Crippen molar-refractivity contribution in [2.75, 3.05) is 13.7 Å². The number of carboxylic acids is 1. The van der Waals surface area contributed by atoms with Crippen molar-refractivity contribution in [2.45, 2.75) is 32.4 Å². The first-order chi connectivity index (χ1) is 9.54. The minimum atomic E-state index is -0.980. The summed E-state index contributed by atoms with van der Waals surface area (Å²) in [5.74, 6) is -1.02. The average molecular weight is 282 g/mol. The van der Waals surface area contributed by atoms with Crippen LogP contribution in [0.5, 0.6) is 0 Å². The SMILES string of the molecule is COCc1cc(C(=O)N2CCCC(C)C2C(=O)O)no1. The molecule has 1 saturated heterocycles. The Hall–Kier alpha value is -1.89. The molecule has 1 fully saturated rings. The molecule has 110 valence electrons. The lowest BCUT2D eigenvalue weighted by atomic mass is 9.90. The third kappa shape index (κ3) is 2.82. The van der Waals surface area contributed by atoms with E-state index in [9.17, 15) is 14.7 Å². The van der Waals surface area contributed by atoms with Crippen LogP contribution >= 0.6 is 0 Å². The van der Waals surface area contributed by atoms with E-state index in [1.54, 1.807) is 0 Å². The molecule has 2 atom stereocenters. The number of nitrogens with zero attached hydrogens (tertiary/aromatic N) is 2. The second-order valence-electron chi connectivity index (χ2n) is 5.01. The highest BCUT2D eigenvalue weighted by molar-refractivity contribution is 5.95. The van der Waals surface area contributed by atoms with Crippen molar-refractivity contribution >= 4 is 11.9 Å². The zero-order valence-electron chi connectivity index (χ0n) is 11.5. The highest BCUT2D eigenvalue weighted by atomic mass is 16.5. The van der Waals surface area contributed by atoms with Gasteiger partial charge in [0.1, 0.15) is 12.6 Å². The summed E-state index contributed by atoms with van der Waals surface area (Å²) in [6.07, 6.45) is 1.59. The van der Waals surface area contributed by atoms with E-state index in [1.807, 2.05) is 6.92 Å². The number of aliphatic carboxylic acids is 1. The van der Waals surface area contributed by atoms with Gasteiger partial charge in [0.05, 0.1) is 0 Å². The van der Waals surface area contributed by atoms with E-state index in [1.165, 1.54) is 18.1 Å². The van der Waals surface area contributed by atoms with Crippen molar-refractivity contribution in [3.63, 3.8) is 0 Å². The molecule has 1 amide bonds. The van der Waals surface area contributed by atoms with Crippen LogP contribution in [0.1, 0.15) is 36.0 Å². The van der Waals surface area contributed by atoms with Crippen molar-refractivity contribution in [3.05, 3.63) is 17.5 Å². The smallest absolute Gasteiger partial charge is 0.326 e. The molecule has 2 rings (SSSR count). The van der Waals surface area contributed by atoms with E-state index in [4.69, 9.17) is 9.26 Å². The molecule has 1 aromatic heterocycles. The number of methoxy groups -OCH3 is 1. The first kappa shape index (κ1) is 14.5. The molecule has 0 spiro atoms. The van der Waals surface area contributed by atoms with Gasteiger partial charge in [-0.1, -0.05) is 12.1 Å². The number of rotatable bonds is 4. The Morgan fingerprint density at radius 2 is 2.35 bits per heavy atom. The van der Waals surface area contributed by atoms with E-state index in [0.29, 0.717) is 12.3 Å². The molecule has 2 heterocycles. The Morgan fingerprint density at radius 3 is 3.00 bits per heavy atom. The molecule has 1 N–H and O–H groups in total. The molecule has 0 bridgehead atoms. The summed E-state index contributed by atoms with van der Waals surface area (Å²) in [4.78, 5) is 25.1. The van der Waals surface area contributed by atoms with Gasteiger partial charge in [0.25, 0.3) is 5.91 Å². The predicted molar refractivity (Wildman–Crippen MR) is 68.1 cm³/mol. The highest BCUT2D eigenvalue weighted by Gasteiger charge is 2.38. The maximum Gasteiger partial charge on any atom is 0.326 e. The number of carbonyl (C=O) groups excluding carboxylic acids is 1. The van der Waals surface area contributed by atoms with Crippen LogP contribution < -0.4 is 0 Å². The van der Waals surface area contributed by atoms with Gasteiger partial charge in [0.2, 0.25) is 0 Å². The summed E-state index contributed by atoms with van der Waals surface area (Å²) >= 11 is 0. The van der Waals surface area contributed by atoms with Crippen LogP contribution in [0.2, 0.25) is 0 Å². The number of aromatic nitrogens is 1. The van der Waals surface area contributed by atoms with E-state index in [-0.39, 0.29) is 18.2 Å². The van der Waals surface area contributed by atoms with Gasteiger partial charge >= 0.3 is 5.97 Å². The summed E-state index contributed by atoms with van der Waals surface area (Å²) < 4.78 is 9.86. The van der Waals surface area contributed by atoms with Gasteiger partial charge < -0.3 is 19.3 Å². The molecule has 0 aromatic carbocycles. The van der Waals surface area contributed by atoms with Gasteiger partial charge in [-0.2, -0.15) is 0 Å². The number of hydrogen-bond acceptors (Lipinski definition) is 5. The minimum Gasteiger partial charge on any atom is -0.480 e. The van der Waals surface area contributed by atoms with E-state index in [2.05, 4.69) is 5.16 Å². The van der Waals surface area contributed by atoms with Gasteiger partial charge in [0.15, 0.2) is 11.5 Å². The fourth-order valence-electron chi connectivity index (χ4n) is 2.56. The Labute approximate surface area is 116 Å². The van der Waals surface area contributed by atoms with Gasteiger partial charge in [-0.05, 0) is 18.8 Å². The maximum absolute atomic E-state index is 12.4.